The van der Waals surface area contributed by atoms with Crippen LogP contribution in [0.5, 0.6) is 0 Å². The fourth-order valence-electron chi connectivity index (χ4n) is 1.97. The summed E-state index contributed by atoms with van der Waals surface area (Å²) < 4.78 is 0. The van der Waals surface area contributed by atoms with Crippen LogP contribution in [0.4, 0.5) is 0 Å². The van der Waals surface area contributed by atoms with E-state index in [1.54, 1.807) is 6.21 Å². The maximum absolute atomic E-state index is 5.12. The summed E-state index contributed by atoms with van der Waals surface area (Å²) in [7, 11) is 0. The molecule has 0 bridgehead atoms. The van der Waals surface area contributed by atoms with Gasteiger partial charge in [0, 0.05) is 18.6 Å². The van der Waals surface area contributed by atoms with E-state index in [0.717, 1.165) is 12.1 Å². The van der Waals surface area contributed by atoms with Gasteiger partial charge in [-0.15, -0.1) is 0 Å². The second kappa shape index (κ2) is 6.40. The summed E-state index contributed by atoms with van der Waals surface area (Å²) in [5, 5.41) is 3.52. The quantitative estimate of drug-likeness (QED) is 0.482. The van der Waals surface area contributed by atoms with E-state index in [0.29, 0.717) is 12.1 Å². The minimum Gasteiger partial charge on any atom is -0.323 e. The molecule has 0 atom stereocenters. The molecule has 0 radical (unpaired) electrons. The van der Waals surface area contributed by atoms with Gasteiger partial charge in [-0.05, 0) is 38.8 Å². The average Bonchev–Trinajstić information content (AvgIpc) is 2.27. The highest BCUT2D eigenvalue weighted by molar-refractivity contribution is 5.79. The molecule has 94 valence electrons. The van der Waals surface area contributed by atoms with E-state index >= 15 is 0 Å². The first-order valence-electron chi connectivity index (χ1n) is 6.12. The molecule has 0 spiro atoms. The van der Waals surface area contributed by atoms with Crippen molar-refractivity contribution in [1.82, 2.24) is 4.90 Å². The number of hydrazone groups is 1. The minimum atomic E-state index is 0.556. The Hall–Kier alpha value is -1.35. The van der Waals surface area contributed by atoms with Crippen LogP contribution in [0.3, 0.4) is 0 Å². The molecule has 0 aliphatic heterocycles. The normalized spacial score (nSPS) is 12.2. The number of nitrogens with zero attached hydrogens (tertiary/aromatic N) is 2. The molecule has 1 rings (SSSR count). The monoisotopic (exact) mass is 233 g/mol. The van der Waals surface area contributed by atoms with Crippen molar-refractivity contribution in [3.63, 3.8) is 0 Å². The topological polar surface area (TPSA) is 41.6 Å². The lowest BCUT2D eigenvalue weighted by Crippen LogP contribution is -2.36. The van der Waals surface area contributed by atoms with E-state index < -0.39 is 0 Å². The first-order valence-corrected chi connectivity index (χ1v) is 6.12. The second-order valence-electron chi connectivity index (χ2n) is 4.88. The molecule has 2 N–H and O–H groups in total. The van der Waals surface area contributed by atoms with Crippen LogP contribution in [-0.4, -0.2) is 23.2 Å². The SMILES string of the molecule is CC(C)N(Cc1ccc(C=NN)cc1)C(C)C. The molecular formula is C14H23N3. The average molecular weight is 233 g/mol. The van der Waals surface area contributed by atoms with Gasteiger partial charge in [0.1, 0.15) is 0 Å². The van der Waals surface area contributed by atoms with Crippen LogP contribution in [0, 0.1) is 0 Å². The lowest BCUT2D eigenvalue weighted by molar-refractivity contribution is 0.166. The van der Waals surface area contributed by atoms with Crippen molar-refractivity contribution in [2.24, 2.45) is 10.9 Å². The van der Waals surface area contributed by atoms with Crippen LogP contribution in [-0.2, 0) is 6.54 Å². The van der Waals surface area contributed by atoms with Crippen LogP contribution in [0.1, 0.15) is 38.8 Å². The predicted molar refractivity (Wildman–Crippen MR) is 74.0 cm³/mol. The Kier molecular flexibility index (Phi) is 5.16. The fraction of sp³-hybridized carbons (Fsp3) is 0.500. The highest BCUT2D eigenvalue weighted by atomic mass is 15.2. The van der Waals surface area contributed by atoms with Gasteiger partial charge < -0.3 is 5.84 Å². The van der Waals surface area contributed by atoms with Gasteiger partial charge in [0.05, 0.1) is 6.21 Å². The smallest absolute Gasteiger partial charge is 0.0538 e. The van der Waals surface area contributed by atoms with Crippen molar-refractivity contribution in [2.75, 3.05) is 0 Å². The highest BCUT2D eigenvalue weighted by Gasteiger charge is 2.13. The number of hydrogen-bond donors (Lipinski definition) is 1. The van der Waals surface area contributed by atoms with Crippen LogP contribution in [0.15, 0.2) is 29.4 Å². The third kappa shape index (κ3) is 4.19. The van der Waals surface area contributed by atoms with Gasteiger partial charge >= 0.3 is 0 Å². The molecule has 0 aliphatic rings. The Morgan fingerprint density at radius 3 is 2.06 bits per heavy atom. The maximum atomic E-state index is 5.12. The molecule has 0 saturated carbocycles. The summed E-state index contributed by atoms with van der Waals surface area (Å²) in [6.45, 7) is 9.91. The molecule has 0 aromatic heterocycles. The van der Waals surface area contributed by atoms with E-state index in [2.05, 4.69) is 49.8 Å². The van der Waals surface area contributed by atoms with Crippen molar-refractivity contribution in [1.29, 1.82) is 0 Å². The van der Waals surface area contributed by atoms with Crippen LogP contribution < -0.4 is 5.84 Å². The van der Waals surface area contributed by atoms with Crippen molar-refractivity contribution in [3.05, 3.63) is 35.4 Å². The van der Waals surface area contributed by atoms with Gasteiger partial charge in [-0.2, -0.15) is 5.10 Å². The van der Waals surface area contributed by atoms with E-state index in [4.69, 9.17) is 5.84 Å². The molecule has 3 nitrogen and oxygen atoms in total. The zero-order valence-corrected chi connectivity index (χ0v) is 11.2. The zero-order chi connectivity index (χ0) is 12.8. The Balaban J connectivity index is 2.73. The van der Waals surface area contributed by atoms with Crippen molar-refractivity contribution in [2.45, 2.75) is 46.3 Å². The van der Waals surface area contributed by atoms with Crippen molar-refractivity contribution < 1.29 is 0 Å². The summed E-state index contributed by atoms with van der Waals surface area (Å²) in [5.41, 5.74) is 2.36. The molecule has 1 aromatic carbocycles. The van der Waals surface area contributed by atoms with Gasteiger partial charge in [0.15, 0.2) is 0 Å². The largest absolute Gasteiger partial charge is 0.323 e. The van der Waals surface area contributed by atoms with E-state index in [9.17, 15) is 0 Å². The highest BCUT2D eigenvalue weighted by Crippen LogP contribution is 2.12. The number of hydrogen-bond acceptors (Lipinski definition) is 3. The molecule has 17 heavy (non-hydrogen) atoms. The Morgan fingerprint density at radius 1 is 1.12 bits per heavy atom. The maximum Gasteiger partial charge on any atom is 0.0538 e. The minimum absolute atomic E-state index is 0.556. The molecule has 0 unspecified atom stereocenters. The van der Waals surface area contributed by atoms with Crippen molar-refractivity contribution >= 4 is 6.21 Å². The molecule has 3 heteroatoms. The van der Waals surface area contributed by atoms with Gasteiger partial charge in [0.2, 0.25) is 0 Å². The lowest BCUT2D eigenvalue weighted by atomic mass is 10.1. The van der Waals surface area contributed by atoms with Gasteiger partial charge in [-0.25, -0.2) is 0 Å². The predicted octanol–water partition coefficient (Wildman–Crippen LogP) is 2.60. The van der Waals surface area contributed by atoms with Gasteiger partial charge in [-0.1, -0.05) is 24.3 Å². The number of benzene rings is 1. The third-order valence-electron chi connectivity index (χ3n) is 2.90. The Bertz CT molecular complexity index is 344. The summed E-state index contributed by atoms with van der Waals surface area (Å²) in [6.07, 6.45) is 1.66. The number of nitrogens with two attached hydrogens (primary N) is 1. The van der Waals surface area contributed by atoms with Crippen LogP contribution in [0.25, 0.3) is 0 Å². The summed E-state index contributed by atoms with van der Waals surface area (Å²) >= 11 is 0. The molecule has 0 fully saturated rings. The van der Waals surface area contributed by atoms with E-state index in [1.807, 2.05) is 12.1 Å². The Morgan fingerprint density at radius 2 is 1.65 bits per heavy atom. The Labute approximate surface area is 104 Å². The second-order valence-corrected chi connectivity index (χ2v) is 4.88. The molecule has 0 aliphatic carbocycles. The summed E-state index contributed by atoms with van der Waals surface area (Å²) in [5.74, 6) is 5.12. The van der Waals surface area contributed by atoms with Crippen LogP contribution >= 0.6 is 0 Å². The zero-order valence-electron chi connectivity index (χ0n) is 11.2. The molecular weight excluding hydrogens is 210 g/mol. The molecule has 0 amide bonds. The fourth-order valence-corrected chi connectivity index (χ4v) is 1.97. The van der Waals surface area contributed by atoms with Crippen molar-refractivity contribution in [3.8, 4) is 0 Å². The first kappa shape index (κ1) is 13.7. The lowest BCUT2D eigenvalue weighted by Gasteiger charge is -2.30. The first-order chi connectivity index (χ1) is 8.04. The van der Waals surface area contributed by atoms with Crippen LogP contribution in [0.2, 0.25) is 0 Å². The molecule has 1 aromatic rings. The van der Waals surface area contributed by atoms with Gasteiger partial charge in [0.25, 0.3) is 0 Å². The molecule has 0 saturated heterocycles. The third-order valence-corrected chi connectivity index (χ3v) is 2.90. The number of rotatable bonds is 5. The molecule has 0 heterocycles. The van der Waals surface area contributed by atoms with Gasteiger partial charge in [-0.3, -0.25) is 4.90 Å². The van der Waals surface area contributed by atoms with E-state index in [1.165, 1.54) is 5.56 Å². The standard InChI is InChI=1S/C14H23N3/c1-11(2)17(12(3)4)10-14-7-5-13(6-8-14)9-16-15/h5-9,11-12H,10,15H2,1-4H3. The summed E-state index contributed by atoms with van der Waals surface area (Å²) in [4.78, 5) is 2.46. The van der Waals surface area contributed by atoms with E-state index in [-0.39, 0.29) is 0 Å². The summed E-state index contributed by atoms with van der Waals surface area (Å²) in [6, 6.07) is 9.47.